The molecule has 0 unspecified atom stereocenters. The zero-order chi connectivity index (χ0) is 21.9. The smallest absolute Gasteiger partial charge is 0.399 e. The van der Waals surface area contributed by atoms with Crippen LogP contribution in [0, 0.1) is 25.7 Å². The van der Waals surface area contributed by atoms with Gasteiger partial charge in [-0.3, -0.25) is 0 Å². The summed E-state index contributed by atoms with van der Waals surface area (Å²) in [7, 11) is -0.311. The summed E-state index contributed by atoms with van der Waals surface area (Å²) < 4.78 is 12.3. The SMILES string of the molecule is CC1(C)OB(c2ccc(C3=C[CH-]C(=C4C=CC=C4)C=C3)cc2)OC1(C)C.[CH]1[CH][CH-]C=C1.[Fe+2]. The van der Waals surface area contributed by atoms with E-state index in [0.717, 1.165) is 5.46 Å². The van der Waals surface area contributed by atoms with Crippen LogP contribution in [0.5, 0.6) is 0 Å². The predicted molar refractivity (Wildman–Crippen MR) is 131 cm³/mol. The minimum atomic E-state index is -0.313. The van der Waals surface area contributed by atoms with E-state index >= 15 is 0 Å². The Morgan fingerprint density at radius 1 is 0.812 bits per heavy atom. The van der Waals surface area contributed by atoms with Crippen LogP contribution in [0.3, 0.4) is 0 Å². The van der Waals surface area contributed by atoms with E-state index in [0.29, 0.717) is 0 Å². The molecule has 4 heteroatoms. The minimum absolute atomic E-state index is 0. The fraction of sp³-hybridized carbons (Fsp3) is 0.214. The van der Waals surface area contributed by atoms with Crippen molar-refractivity contribution in [2.75, 3.05) is 0 Å². The fourth-order valence-corrected chi connectivity index (χ4v) is 3.55. The molecule has 0 amide bonds. The first-order chi connectivity index (χ1) is 14.9. The molecule has 1 heterocycles. The Kier molecular flexibility index (Phi) is 7.85. The molecule has 0 bridgehead atoms. The van der Waals surface area contributed by atoms with Crippen LogP contribution < -0.4 is 5.46 Å². The molecule has 1 saturated heterocycles. The van der Waals surface area contributed by atoms with E-state index in [1.165, 1.54) is 22.3 Å². The third-order valence-electron chi connectivity index (χ3n) is 6.21. The van der Waals surface area contributed by atoms with Crippen molar-refractivity contribution in [1.29, 1.82) is 0 Å². The van der Waals surface area contributed by atoms with Gasteiger partial charge in [0.05, 0.1) is 11.2 Å². The summed E-state index contributed by atoms with van der Waals surface area (Å²) in [5.41, 5.74) is 5.33. The molecule has 0 aromatic heterocycles. The Hall–Kier alpha value is -2.10. The van der Waals surface area contributed by atoms with Gasteiger partial charge in [-0.2, -0.15) is 0 Å². The zero-order valence-corrected chi connectivity index (χ0v) is 20.2. The van der Waals surface area contributed by atoms with Crippen molar-refractivity contribution in [2.24, 2.45) is 0 Å². The van der Waals surface area contributed by atoms with Crippen LogP contribution in [0.25, 0.3) is 5.57 Å². The van der Waals surface area contributed by atoms with Crippen molar-refractivity contribution in [1.82, 2.24) is 0 Å². The van der Waals surface area contributed by atoms with Gasteiger partial charge in [-0.15, -0.1) is 43.1 Å². The summed E-state index contributed by atoms with van der Waals surface area (Å²) in [5, 5.41) is 0. The van der Waals surface area contributed by atoms with E-state index in [9.17, 15) is 0 Å². The normalized spacial score (nSPS) is 21.5. The van der Waals surface area contributed by atoms with E-state index < -0.39 is 0 Å². The van der Waals surface area contributed by atoms with Crippen LogP contribution in [0.2, 0.25) is 0 Å². The fourth-order valence-electron chi connectivity index (χ4n) is 3.55. The average molecular weight is 464 g/mol. The zero-order valence-electron chi connectivity index (χ0n) is 19.1. The number of rotatable bonds is 2. The van der Waals surface area contributed by atoms with Crippen molar-refractivity contribution < 1.29 is 26.4 Å². The first kappa shape index (κ1) is 24.5. The summed E-state index contributed by atoms with van der Waals surface area (Å²) in [6.45, 7) is 8.32. The van der Waals surface area contributed by atoms with Gasteiger partial charge in [-0.25, -0.2) is 18.6 Å². The second kappa shape index (κ2) is 10.2. The van der Waals surface area contributed by atoms with Gasteiger partial charge >= 0.3 is 24.2 Å². The van der Waals surface area contributed by atoms with Gasteiger partial charge in [0.1, 0.15) is 0 Å². The molecule has 164 valence electrons. The van der Waals surface area contributed by atoms with Crippen LogP contribution in [-0.4, -0.2) is 18.3 Å². The average Bonchev–Trinajstić information content (AvgIpc) is 3.52. The van der Waals surface area contributed by atoms with Crippen LogP contribution in [0.4, 0.5) is 0 Å². The Bertz CT molecular complexity index is 955. The first-order valence-electron chi connectivity index (χ1n) is 10.8. The summed E-state index contributed by atoms with van der Waals surface area (Å²) in [4.78, 5) is 0. The molecule has 1 aliphatic heterocycles. The van der Waals surface area contributed by atoms with Gasteiger partial charge in [0.25, 0.3) is 0 Å². The molecule has 0 N–H and O–H groups in total. The molecule has 3 aliphatic carbocycles. The van der Waals surface area contributed by atoms with E-state index in [4.69, 9.17) is 9.31 Å². The standard InChI is InChI=1S/C23H24BO2.C5H5.Fe/c1-22(2)23(3,4)26-24(25-22)21-15-13-20(14-16-21)19-11-9-18(10-12-19)17-7-5-6-8-17;1-2-4-5-3-1;/h5-16H,1-4H3;1-5H;/q2*-1;+2. The molecule has 0 atom stereocenters. The van der Waals surface area contributed by atoms with Gasteiger partial charge in [0, 0.05) is 0 Å². The molecule has 1 aromatic rings. The molecule has 1 fully saturated rings. The third-order valence-corrected chi connectivity index (χ3v) is 6.21. The van der Waals surface area contributed by atoms with Crippen molar-refractivity contribution in [3.8, 4) is 0 Å². The van der Waals surface area contributed by atoms with Gasteiger partial charge in [-0.1, -0.05) is 65.3 Å². The largest absolute Gasteiger partial charge is 2.00 e. The summed E-state index contributed by atoms with van der Waals surface area (Å²) >= 11 is 0. The summed E-state index contributed by atoms with van der Waals surface area (Å²) in [6.07, 6.45) is 27.1. The molecule has 2 radical (unpaired) electrons. The number of hydrogen-bond acceptors (Lipinski definition) is 2. The molecule has 4 aliphatic rings. The molecule has 0 spiro atoms. The Labute approximate surface area is 204 Å². The maximum atomic E-state index is 6.13. The second-order valence-electron chi connectivity index (χ2n) is 8.92. The molecular formula is C28H29BFeO2. The summed E-state index contributed by atoms with van der Waals surface area (Å²) in [5.74, 6) is 0. The Balaban J connectivity index is 0.000000427. The van der Waals surface area contributed by atoms with Crippen LogP contribution >= 0.6 is 0 Å². The molecule has 5 rings (SSSR count). The van der Waals surface area contributed by atoms with Crippen LogP contribution in [0.1, 0.15) is 33.3 Å². The molecule has 1 aromatic carbocycles. The van der Waals surface area contributed by atoms with Gasteiger partial charge in [0.15, 0.2) is 0 Å². The molecular weight excluding hydrogens is 435 g/mol. The molecule has 32 heavy (non-hydrogen) atoms. The number of allylic oxidation sites excluding steroid dienone is 12. The van der Waals surface area contributed by atoms with Gasteiger partial charge in [0.2, 0.25) is 0 Å². The second-order valence-corrected chi connectivity index (χ2v) is 8.92. The van der Waals surface area contributed by atoms with E-state index in [1.54, 1.807) is 0 Å². The van der Waals surface area contributed by atoms with Gasteiger partial charge < -0.3 is 9.31 Å². The van der Waals surface area contributed by atoms with Crippen molar-refractivity contribution in [2.45, 2.75) is 38.9 Å². The van der Waals surface area contributed by atoms with Crippen LogP contribution in [0.15, 0.2) is 90.1 Å². The number of benzene rings is 1. The van der Waals surface area contributed by atoms with E-state index in [1.807, 2.05) is 31.4 Å². The number of hydrogen-bond donors (Lipinski definition) is 0. The topological polar surface area (TPSA) is 18.5 Å². The third kappa shape index (κ3) is 5.45. The maximum Gasteiger partial charge on any atom is 2.00 e. The quantitative estimate of drug-likeness (QED) is 0.411. The summed E-state index contributed by atoms with van der Waals surface area (Å²) in [6, 6.07) is 8.47. The minimum Gasteiger partial charge on any atom is -0.399 e. The van der Waals surface area contributed by atoms with Crippen LogP contribution in [-0.2, 0) is 26.4 Å². The Morgan fingerprint density at radius 2 is 1.47 bits per heavy atom. The first-order valence-corrected chi connectivity index (χ1v) is 10.8. The van der Waals surface area contributed by atoms with E-state index in [2.05, 4.69) is 101 Å². The van der Waals surface area contributed by atoms with Crippen molar-refractivity contribution in [3.63, 3.8) is 0 Å². The van der Waals surface area contributed by atoms with Crippen molar-refractivity contribution >= 4 is 18.2 Å². The van der Waals surface area contributed by atoms with Crippen molar-refractivity contribution in [3.05, 3.63) is 121 Å². The Morgan fingerprint density at radius 3 is 1.94 bits per heavy atom. The maximum absolute atomic E-state index is 6.13. The van der Waals surface area contributed by atoms with E-state index in [-0.39, 0.29) is 35.4 Å². The molecule has 0 saturated carbocycles. The monoisotopic (exact) mass is 464 g/mol. The predicted octanol–water partition coefficient (Wildman–Crippen LogP) is 5.73. The molecule has 2 nitrogen and oxygen atoms in total. The van der Waals surface area contributed by atoms with Gasteiger partial charge in [-0.05, 0) is 33.2 Å².